The molecule has 0 aromatic heterocycles. The molecule has 158 valence electrons. The summed E-state index contributed by atoms with van der Waals surface area (Å²) < 4.78 is 0. The van der Waals surface area contributed by atoms with Crippen LogP contribution in [0, 0.1) is 0 Å². The van der Waals surface area contributed by atoms with Crippen molar-refractivity contribution in [1.29, 1.82) is 0 Å². The fourth-order valence-corrected chi connectivity index (χ4v) is 2.43. The van der Waals surface area contributed by atoms with Gasteiger partial charge in [-0.25, -0.2) is 0 Å². The number of hydrogen-bond acceptors (Lipinski definition) is 6. The van der Waals surface area contributed by atoms with Crippen molar-refractivity contribution in [2.45, 2.75) is 31.3 Å². The Bertz CT molecular complexity index is 740. The van der Waals surface area contributed by atoms with Crippen LogP contribution in [0.15, 0.2) is 30.3 Å². The normalized spacial score (nSPS) is 12.3. The van der Waals surface area contributed by atoms with Crippen LogP contribution >= 0.6 is 0 Å². The van der Waals surface area contributed by atoms with Crippen LogP contribution in [0.1, 0.15) is 18.4 Å². The third-order valence-corrected chi connectivity index (χ3v) is 3.85. The average molecular weight is 407 g/mol. The van der Waals surface area contributed by atoms with Gasteiger partial charge < -0.3 is 32.5 Å². The van der Waals surface area contributed by atoms with E-state index in [2.05, 4.69) is 16.0 Å². The first kappa shape index (κ1) is 23.6. The number of carboxylic acid groups (broad SMARTS) is 1. The molecule has 0 aliphatic heterocycles. The predicted octanol–water partition coefficient (Wildman–Crippen LogP) is -2.38. The van der Waals surface area contributed by atoms with Gasteiger partial charge >= 0.3 is 5.97 Å². The predicted molar refractivity (Wildman–Crippen MR) is 102 cm³/mol. The molecule has 4 amide bonds. The molecule has 0 heterocycles. The maximum atomic E-state index is 12.6. The highest BCUT2D eigenvalue weighted by atomic mass is 16.4. The molecule has 1 aromatic rings. The lowest BCUT2D eigenvalue weighted by molar-refractivity contribution is -0.138. The molecule has 0 saturated carbocycles. The van der Waals surface area contributed by atoms with Gasteiger partial charge in [-0.3, -0.25) is 24.0 Å². The second-order valence-corrected chi connectivity index (χ2v) is 6.19. The molecule has 0 fully saturated rings. The number of aliphatic carboxylic acids is 1. The molecule has 29 heavy (non-hydrogen) atoms. The lowest BCUT2D eigenvalue weighted by atomic mass is 10.0. The maximum Gasteiger partial charge on any atom is 0.322 e. The van der Waals surface area contributed by atoms with Crippen LogP contribution in [0.2, 0.25) is 0 Å². The number of benzene rings is 1. The van der Waals surface area contributed by atoms with Gasteiger partial charge in [0.25, 0.3) is 0 Å². The number of nitrogens with two attached hydrogens (primary N) is 2. The number of hydrogen-bond donors (Lipinski definition) is 6. The van der Waals surface area contributed by atoms with Crippen LogP contribution in [0.3, 0.4) is 0 Å². The number of rotatable bonds is 12. The van der Waals surface area contributed by atoms with E-state index in [1.165, 1.54) is 0 Å². The molecule has 11 nitrogen and oxygen atoms in total. The van der Waals surface area contributed by atoms with E-state index in [0.717, 1.165) is 5.56 Å². The van der Waals surface area contributed by atoms with Gasteiger partial charge in [-0.15, -0.1) is 0 Å². The van der Waals surface area contributed by atoms with Crippen LogP contribution in [-0.2, 0) is 30.4 Å². The molecule has 2 unspecified atom stereocenters. The summed E-state index contributed by atoms with van der Waals surface area (Å²) in [6.07, 6.45) is -0.162. The van der Waals surface area contributed by atoms with Crippen molar-refractivity contribution >= 4 is 29.6 Å². The Hall–Kier alpha value is -3.47. The summed E-state index contributed by atoms with van der Waals surface area (Å²) >= 11 is 0. The Kier molecular flexibility index (Phi) is 9.82. The monoisotopic (exact) mass is 407 g/mol. The van der Waals surface area contributed by atoms with Crippen LogP contribution in [-0.4, -0.2) is 59.9 Å². The molecule has 1 rings (SSSR count). The minimum Gasteiger partial charge on any atom is -0.480 e. The smallest absolute Gasteiger partial charge is 0.322 e. The molecule has 2 atom stereocenters. The molecule has 0 bridgehead atoms. The zero-order chi connectivity index (χ0) is 21.8. The summed E-state index contributed by atoms with van der Waals surface area (Å²) in [6, 6.07) is 6.53. The molecular formula is C18H25N5O6. The Morgan fingerprint density at radius 3 is 2.17 bits per heavy atom. The Morgan fingerprint density at radius 2 is 1.62 bits per heavy atom. The Morgan fingerprint density at radius 1 is 0.966 bits per heavy atom. The number of carbonyl (C=O) groups is 5. The molecule has 8 N–H and O–H groups in total. The van der Waals surface area contributed by atoms with Gasteiger partial charge in [0.1, 0.15) is 18.6 Å². The van der Waals surface area contributed by atoms with Crippen molar-refractivity contribution < 1.29 is 29.1 Å². The molecule has 1 aromatic carbocycles. The van der Waals surface area contributed by atoms with Crippen LogP contribution < -0.4 is 27.4 Å². The van der Waals surface area contributed by atoms with Gasteiger partial charge in [-0.05, 0) is 12.0 Å². The van der Waals surface area contributed by atoms with Crippen molar-refractivity contribution in [3.05, 3.63) is 35.9 Å². The zero-order valence-corrected chi connectivity index (χ0v) is 15.7. The minimum absolute atomic E-state index is 0.0816. The number of amides is 4. The summed E-state index contributed by atoms with van der Waals surface area (Å²) in [5.74, 6) is -3.95. The highest BCUT2D eigenvalue weighted by molar-refractivity contribution is 5.93. The molecular weight excluding hydrogens is 382 g/mol. The number of primary amides is 1. The van der Waals surface area contributed by atoms with Crippen molar-refractivity contribution in [2.75, 3.05) is 13.1 Å². The van der Waals surface area contributed by atoms with Gasteiger partial charge in [0, 0.05) is 12.8 Å². The topological polar surface area (TPSA) is 194 Å². The quantitative estimate of drug-likeness (QED) is 0.223. The molecule has 0 radical (unpaired) electrons. The standard InChI is InChI=1S/C18H25N5O6/c19-9-15(25)22-12(6-7-14(20)24)18(29)23-13(17(28)21-10-16(26)27)8-11-4-2-1-3-5-11/h1-5,12-13H,6-10,19H2,(H2,20,24)(H,21,28)(H,22,25)(H,23,29)(H,26,27). The van der Waals surface area contributed by atoms with Gasteiger partial charge in [0.2, 0.25) is 23.6 Å². The first-order valence-corrected chi connectivity index (χ1v) is 8.84. The number of nitrogens with one attached hydrogen (secondary N) is 3. The highest BCUT2D eigenvalue weighted by Gasteiger charge is 2.27. The van der Waals surface area contributed by atoms with E-state index in [0.29, 0.717) is 0 Å². The lowest BCUT2D eigenvalue weighted by Crippen LogP contribution is -2.55. The summed E-state index contributed by atoms with van der Waals surface area (Å²) in [7, 11) is 0. The number of carboxylic acids is 1. The fraction of sp³-hybridized carbons (Fsp3) is 0.389. The molecule has 0 aliphatic rings. The third kappa shape index (κ3) is 9.33. The van der Waals surface area contributed by atoms with E-state index in [1.54, 1.807) is 30.3 Å². The Labute approximate surface area is 167 Å². The first-order valence-electron chi connectivity index (χ1n) is 8.84. The van der Waals surface area contributed by atoms with Gasteiger partial charge in [0.05, 0.1) is 6.54 Å². The zero-order valence-electron chi connectivity index (χ0n) is 15.7. The van der Waals surface area contributed by atoms with Crippen LogP contribution in [0.25, 0.3) is 0 Å². The maximum absolute atomic E-state index is 12.6. The fourth-order valence-electron chi connectivity index (χ4n) is 2.43. The molecule has 0 aliphatic carbocycles. The van der Waals surface area contributed by atoms with Crippen molar-refractivity contribution in [1.82, 2.24) is 16.0 Å². The van der Waals surface area contributed by atoms with Crippen LogP contribution in [0.5, 0.6) is 0 Å². The lowest BCUT2D eigenvalue weighted by Gasteiger charge is -2.23. The average Bonchev–Trinajstić information content (AvgIpc) is 2.68. The number of carbonyl (C=O) groups excluding carboxylic acids is 4. The van der Waals surface area contributed by atoms with Gasteiger partial charge in [-0.2, -0.15) is 0 Å². The first-order chi connectivity index (χ1) is 13.7. The van der Waals surface area contributed by atoms with Crippen molar-refractivity contribution in [3.8, 4) is 0 Å². The third-order valence-electron chi connectivity index (χ3n) is 3.85. The summed E-state index contributed by atoms with van der Waals surface area (Å²) in [4.78, 5) is 58.4. The van der Waals surface area contributed by atoms with E-state index in [4.69, 9.17) is 16.6 Å². The summed E-state index contributed by atoms with van der Waals surface area (Å²) in [5, 5.41) is 15.8. The summed E-state index contributed by atoms with van der Waals surface area (Å²) in [6.45, 7) is -0.984. The second-order valence-electron chi connectivity index (χ2n) is 6.19. The van der Waals surface area contributed by atoms with E-state index >= 15 is 0 Å². The molecule has 0 saturated heterocycles. The SMILES string of the molecule is NCC(=O)NC(CCC(N)=O)C(=O)NC(Cc1ccccc1)C(=O)NCC(=O)O. The molecule has 11 heteroatoms. The van der Waals surface area contributed by atoms with E-state index in [1.807, 2.05) is 0 Å². The highest BCUT2D eigenvalue weighted by Crippen LogP contribution is 2.05. The largest absolute Gasteiger partial charge is 0.480 e. The van der Waals surface area contributed by atoms with Crippen molar-refractivity contribution in [3.63, 3.8) is 0 Å². The van der Waals surface area contributed by atoms with Gasteiger partial charge in [-0.1, -0.05) is 30.3 Å². The van der Waals surface area contributed by atoms with E-state index < -0.39 is 48.2 Å². The molecule has 0 spiro atoms. The van der Waals surface area contributed by atoms with E-state index in [9.17, 15) is 24.0 Å². The second kappa shape index (κ2) is 12.1. The van der Waals surface area contributed by atoms with Crippen LogP contribution in [0.4, 0.5) is 0 Å². The van der Waals surface area contributed by atoms with Gasteiger partial charge in [0.15, 0.2) is 0 Å². The minimum atomic E-state index is -1.24. The van der Waals surface area contributed by atoms with E-state index in [-0.39, 0.29) is 25.8 Å². The summed E-state index contributed by atoms with van der Waals surface area (Å²) in [5.41, 5.74) is 11.1. The van der Waals surface area contributed by atoms with Crippen molar-refractivity contribution in [2.24, 2.45) is 11.5 Å². The Balaban J connectivity index is 2.94.